The second-order valence-corrected chi connectivity index (χ2v) is 1.71. The number of halogens is 1. The molecule has 0 aromatic heterocycles. The summed E-state index contributed by atoms with van der Waals surface area (Å²) in [6, 6.07) is 0. The maximum absolute atomic E-state index is 9.72. The highest BCUT2D eigenvalue weighted by atomic mass is 79.9. The average Bonchev–Trinajstić information content (AvgIpc) is 1.35. The highest BCUT2D eigenvalue weighted by molar-refractivity contribution is 9.09. The number of hydrogen-bond donors (Lipinski definition) is 1. The van der Waals surface area contributed by atoms with Crippen LogP contribution in [0.15, 0.2) is 0 Å². The molecule has 0 aliphatic rings. The molecule has 0 aromatic rings. The summed E-state index contributed by atoms with van der Waals surface area (Å²) in [4.78, 5) is -2.40. The summed E-state index contributed by atoms with van der Waals surface area (Å²) >= 11 is 2.26. The van der Waals surface area contributed by atoms with Crippen LogP contribution < -0.4 is 0 Å². The van der Waals surface area contributed by atoms with Gasteiger partial charge in [0.15, 0.2) is 0 Å². The zero-order valence-electron chi connectivity index (χ0n) is 3.14. The number of hydrogen-bond acceptors (Lipinski definition) is 2. The molecule has 0 saturated carbocycles. The Hall–Kier alpha value is 0.360. The van der Waals surface area contributed by atoms with Gasteiger partial charge in [-0.05, 0) is 0 Å². The Morgan fingerprint density at radius 3 is 2.17 bits per heavy atom. The molecule has 0 fully saturated rings. The van der Waals surface area contributed by atoms with Crippen LogP contribution in [0.1, 0.15) is 0 Å². The van der Waals surface area contributed by atoms with Crippen molar-refractivity contribution in [3.05, 3.63) is 0 Å². The van der Waals surface area contributed by atoms with Gasteiger partial charge in [0.25, 0.3) is 0 Å². The van der Waals surface area contributed by atoms with E-state index in [0.29, 0.717) is 0 Å². The second-order valence-electron chi connectivity index (χ2n) is 0.709. The second kappa shape index (κ2) is 1.88. The van der Waals surface area contributed by atoms with Gasteiger partial charge in [0.2, 0.25) is 0 Å². The number of alkyl halides is 1. The first kappa shape index (κ1) is 6.36. The Balaban J connectivity index is 3.17. The molecular weight excluding hydrogens is 152 g/mol. The lowest BCUT2D eigenvalue weighted by molar-refractivity contribution is -0.280. The fourth-order valence-corrected chi connectivity index (χ4v) is 0. The minimum Gasteiger partial charge on any atom is -0.332 e. The number of aliphatic hydroxyl groups is 1. The molecule has 0 bridgehead atoms. The molecule has 4 heteroatoms. The van der Waals surface area contributed by atoms with Crippen molar-refractivity contribution in [2.45, 2.75) is 4.88 Å². The highest BCUT2D eigenvalue weighted by Crippen LogP contribution is 2.08. The van der Waals surface area contributed by atoms with Crippen LogP contribution in [0, 0.1) is 0 Å². The molecule has 1 N–H and O–H groups in total. The van der Waals surface area contributed by atoms with E-state index in [1.165, 1.54) is 0 Å². The van der Waals surface area contributed by atoms with Gasteiger partial charge in [-0.1, -0.05) is 0 Å². The van der Waals surface area contributed by atoms with E-state index >= 15 is 0 Å². The third-order valence-corrected chi connectivity index (χ3v) is 0.576. The quantitative estimate of drug-likeness (QED) is 0.431. The fraction of sp³-hybridized carbons (Fsp3) is 1.00. The summed E-state index contributed by atoms with van der Waals surface area (Å²) in [5, 5.41) is 17.7. The van der Waals surface area contributed by atoms with Gasteiger partial charge in [0.1, 0.15) is 0 Å². The van der Waals surface area contributed by atoms with Crippen molar-refractivity contribution in [3.8, 4) is 0 Å². The van der Waals surface area contributed by atoms with Crippen molar-refractivity contribution in [2.24, 2.45) is 0 Å². The lowest BCUT2D eigenvalue weighted by Crippen LogP contribution is -2.18. The molecular formula is C2H4BrO3. The first-order valence-electron chi connectivity index (χ1n) is 1.23. The summed E-state index contributed by atoms with van der Waals surface area (Å²) in [6.45, 7) is 0. The van der Waals surface area contributed by atoms with Crippen molar-refractivity contribution in [1.29, 1.82) is 0 Å². The monoisotopic (exact) mass is 155 g/mol. The van der Waals surface area contributed by atoms with E-state index in [1.54, 1.807) is 0 Å². The molecule has 37 valence electrons. The molecule has 0 aromatic carbocycles. The minimum absolute atomic E-state index is 1.10. The van der Waals surface area contributed by atoms with Gasteiger partial charge in [0, 0.05) is 23.0 Å². The first-order chi connectivity index (χ1) is 2.56. The summed E-state index contributed by atoms with van der Waals surface area (Å²) in [5.74, 6) is 0. The van der Waals surface area contributed by atoms with Crippen LogP contribution in [0.4, 0.5) is 0 Å². The molecule has 1 radical (unpaired) electrons. The summed E-state index contributed by atoms with van der Waals surface area (Å²) in [7, 11) is 1.10. The summed E-state index contributed by atoms with van der Waals surface area (Å²) in [5.41, 5.74) is 0. The Kier molecular flexibility index (Phi) is 1.99. The van der Waals surface area contributed by atoms with E-state index in [2.05, 4.69) is 20.7 Å². The van der Waals surface area contributed by atoms with Gasteiger partial charge < -0.3 is 9.84 Å². The van der Waals surface area contributed by atoms with E-state index in [-0.39, 0.29) is 0 Å². The first-order valence-corrected chi connectivity index (χ1v) is 2.02. The zero-order valence-corrected chi connectivity index (χ0v) is 4.73. The average molecular weight is 156 g/mol. The van der Waals surface area contributed by atoms with Crippen molar-refractivity contribution in [1.82, 2.24) is 0 Å². The topological polar surface area (TPSA) is 49.4 Å². The molecule has 0 spiro atoms. The van der Waals surface area contributed by atoms with Crippen molar-refractivity contribution in [2.75, 3.05) is 7.11 Å². The van der Waals surface area contributed by atoms with E-state index in [0.717, 1.165) is 7.11 Å². The van der Waals surface area contributed by atoms with Gasteiger partial charge in [-0.2, -0.15) is 5.11 Å². The summed E-state index contributed by atoms with van der Waals surface area (Å²) < 4.78 is 3.85. The Morgan fingerprint density at radius 2 is 2.17 bits per heavy atom. The zero-order chi connectivity index (χ0) is 5.21. The van der Waals surface area contributed by atoms with Crippen LogP contribution in [-0.4, -0.2) is 17.1 Å². The largest absolute Gasteiger partial charge is 0.369 e. The van der Waals surface area contributed by atoms with Crippen LogP contribution in [0.3, 0.4) is 0 Å². The number of methoxy groups -OCH3 is 1. The van der Waals surface area contributed by atoms with Crippen LogP contribution in [0.5, 0.6) is 0 Å². The third-order valence-electron chi connectivity index (χ3n) is 0.252. The highest BCUT2D eigenvalue weighted by Gasteiger charge is 2.17. The van der Waals surface area contributed by atoms with Crippen LogP contribution in [0.25, 0.3) is 0 Å². The van der Waals surface area contributed by atoms with Crippen LogP contribution in [0.2, 0.25) is 0 Å². The van der Waals surface area contributed by atoms with Gasteiger partial charge in [0.05, 0.1) is 0 Å². The molecule has 0 saturated heterocycles. The van der Waals surface area contributed by atoms with Gasteiger partial charge in [-0.15, -0.1) is 0 Å². The Bertz CT molecular complexity index is 38.5. The molecule has 0 aliphatic heterocycles. The van der Waals surface area contributed by atoms with Gasteiger partial charge in [-0.3, -0.25) is 0 Å². The third kappa shape index (κ3) is 4.36. The number of ether oxygens (including phenoxy) is 1. The van der Waals surface area contributed by atoms with Crippen molar-refractivity contribution < 1.29 is 14.9 Å². The van der Waals surface area contributed by atoms with E-state index in [9.17, 15) is 5.11 Å². The molecule has 1 unspecified atom stereocenters. The van der Waals surface area contributed by atoms with Crippen LogP contribution >= 0.6 is 15.9 Å². The smallest absolute Gasteiger partial charge is 0.332 e. The van der Waals surface area contributed by atoms with Crippen molar-refractivity contribution in [3.63, 3.8) is 0 Å². The molecule has 6 heavy (non-hydrogen) atoms. The Morgan fingerprint density at radius 1 is 2.00 bits per heavy atom. The van der Waals surface area contributed by atoms with E-state index in [1.807, 2.05) is 0 Å². The molecule has 0 rings (SSSR count). The van der Waals surface area contributed by atoms with E-state index < -0.39 is 4.88 Å². The maximum atomic E-state index is 9.72. The normalized spacial score (nSPS) is 12.0. The van der Waals surface area contributed by atoms with Crippen LogP contribution in [-0.2, 0) is 9.84 Å². The maximum Gasteiger partial charge on any atom is 0.369 e. The molecule has 0 amide bonds. The molecule has 3 nitrogen and oxygen atoms in total. The van der Waals surface area contributed by atoms with Gasteiger partial charge in [-0.25, -0.2) is 0 Å². The summed E-state index contributed by atoms with van der Waals surface area (Å²) in [6.07, 6.45) is 0. The Labute approximate surface area is 43.7 Å². The number of rotatable bonds is 1. The van der Waals surface area contributed by atoms with Gasteiger partial charge >= 0.3 is 4.88 Å². The van der Waals surface area contributed by atoms with Crippen molar-refractivity contribution >= 4 is 15.9 Å². The predicted molar refractivity (Wildman–Crippen MR) is 21.6 cm³/mol. The molecule has 1 atom stereocenters. The lowest BCUT2D eigenvalue weighted by Gasteiger charge is -2.04. The molecule has 0 heterocycles. The standard InChI is InChI=1S/C2H4BrO3/c1-6-2(3,4)5/h4H,1H3. The lowest BCUT2D eigenvalue weighted by atomic mass is 11.3. The fourth-order valence-electron chi connectivity index (χ4n) is 0. The minimum atomic E-state index is -2.40. The predicted octanol–water partition coefficient (Wildman–Crippen LogP) is 0.0618. The SMILES string of the molecule is COC([O])(O)Br. The van der Waals surface area contributed by atoms with E-state index in [4.69, 9.17) is 5.11 Å². The molecule has 0 aliphatic carbocycles.